The van der Waals surface area contributed by atoms with Gasteiger partial charge in [0.2, 0.25) is 0 Å². The van der Waals surface area contributed by atoms with Crippen molar-refractivity contribution in [3.05, 3.63) is 60.5 Å². The number of benzene rings is 1. The summed E-state index contributed by atoms with van der Waals surface area (Å²) in [5.74, 6) is 2.50. The number of methoxy groups -OCH3 is 2. The summed E-state index contributed by atoms with van der Waals surface area (Å²) in [5, 5.41) is 0. The Morgan fingerprint density at radius 3 is 2.77 bits per heavy atom. The van der Waals surface area contributed by atoms with E-state index in [9.17, 15) is 4.79 Å². The smallest absolute Gasteiger partial charge is 0.254 e. The van der Waals surface area contributed by atoms with Gasteiger partial charge in [0.05, 0.1) is 26.5 Å². The first-order valence-corrected chi connectivity index (χ1v) is 10.1. The van der Waals surface area contributed by atoms with Crippen molar-refractivity contribution in [1.29, 1.82) is 0 Å². The number of pyridine rings is 1. The molecule has 3 aromatic heterocycles. The molecule has 5 rings (SSSR count). The van der Waals surface area contributed by atoms with Gasteiger partial charge in [-0.25, -0.2) is 9.97 Å². The van der Waals surface area contributed by atoms with Crippen molar-refractivity contribution >= 4 is 17.1 Å². The fraction of sp³-hybridized carbons (Fsp3) is 0.261. The van der Waals surface area contributed by atoms with Crippen molar-refractivity contribution in [2.45, 2.75) is 12.5 Å². The highest BCUT2D eigenvalue weighted by molar-refractivity contribution is 5.95. The normalized spacial score (nSPS) is 16.1. The third-order valence-electron chi connectivity index (χ3n) is 5.64. The molecule has 0 saturated carbocycles. The molecule has 1 saturated heterocycles. The number of aromatic nitrogens is 3. The van der Waals surface area contributed by atoms with Gasteiger partial charge in [0.15, 0.2) is 28.7 Å². The highest BCUT2D eigenvalue weighted by Gasteiger charge is 2.32. The largest absolute Gasteiger partial charge is 0.493 e. The van der Waals surface area contributed by atoms with Crippen LogP contribution in [0.3, 0.4) is 0 Å². The summed E-state index contributed by atoms with van der Waals surface area (Å²) in [4.78, 5) is 24.3. The molecule has 0 radical (unpaired) electrons. The third kappa shape index (κ3) is 3.30. The summed E-state index contributed by atoms with van der Waals surface area (Å²) in [5.41, 5.74) is 2.16. The molecule has 1 aliphatic rings. The third-order valence-corrected chi connectivity index (χ3v) is 5.64. The number of amides is 1. The molecule has 0 aliphatic carbocycles. The number of fused-ring (bicyclic) bond motifs is 1. The lowest BCUT2D eigenvalue weighted by molar-refractivity contribution is 0.0787. The van der Waals surface area contributed by atoms with Crippen LogP contribution in [0, 0.1) is 0 Å². The van der Waals surface area contributed by atoms with Crippen molar-refractivity contribution in [1.82, 2.24) is 19.4 Å². The molecule has 1 amide bonds. The second-order valence-electron chi connectivity index (χ2n) is 7.39. The van der Waals surface area contributed by atoms with Gasteiger partial charge in [-0.15, -0.1) is 0 Å². The fourth-order valence-corrected chi connectivity index (χ4v) is 4.14. The van der Waals surface area contributed by atoms with Crippen LogP contribution in [0.2, 0.25) is 0 Å². The number of imidazole rings is 1. The Balaban J connectivity index is 1.46. The molecule has 0 spiro atoms. The van der Waals surface area contributed by atoms with Crippen LogP contribution in [0.25, 0.3) is 22.7 Å². The number of rotatable bonds is 5. The summed E-state index contributed by atoms with van der Waals surface area (Å²) < 4.78 is 18.3. The van der Waals surface area contributed by atoms with E-state index >= 15 is 0 Å². The molecule has 0 N–H and O–H groups in total. The zero-order valence-corrected chi connectivity index (χ0v) is 17.3. The Hall–Kier alpha value is -3.81. The number of furan rings is 1. The van der Waals surface area contributed by atoms with Gasteiger partial charge in [0, 0.05) is 24.8 Å². The van der Waals surface area contributed by atoms with E-state index in [4.69, 9.17) is 18.9 Å². The highest BCUT2D eigenvalue weighted by Crippen LogP contribution is 2.34. The molecule has 1 aromatic carbocycles. The maximum absolute atomic E-state index is 13.2. The summed E-state index contributed by atoms with van der Waals surface area (Å²) in [6.07, 6.45) is 4.19. The van der Waals surface area contributed by atoms with Crippen molar-refractivity contribution in [2.24, 2.45) is 0 Å². The van der Waals surface area contributed by atoms with E-state index in [1.165, 1.54) is 0 Å². The van der Waals surface area contributed by atoms with E-state index in [-0.39, 0.29) is 11.9 Å². The van der Waals surface area contributed by atoms with E-state index in [1.54, 1.807) is 44.9 Å². The number of nitrogens with zero attached hydrogens (tertiary/aromatic N) is 4. The number of hydrogen-bond acceptors (Lipinski definition) is 6. The molecule has 1 fully saturated rings. The molecule has 0 unspecified atom stereocenters. The monoisotopic (exact) mass is 418 g/mol. The first-order valence-electron chi connectivity index (χ1n) is 10.1. The number of ether oxygens (including phenoxy) is 2. The summed E-state index contributed by atoms with van der Waals surface area (Å²) >= 11 is 0. The maximum Gasteiger partial charge on any atom is 0.254 e. The van der Waals surface area contributed by atoms with Crippen molar-refractivity contribution < 1.29 is 18.7 Å². The average Bonchev–Trinajstić information content (AvgIpc) is 3.56. The lowest BCUT2D eigenvalue weighted by Crippen LogP contribution is -2.29. The standard InChI is InChI=1S/C23H22N4O4/c1-29-18-8-7-15(13-20(18)30-2)23(28)26-11-9-16(14-26)27-21-17(5-3-10-24-21)25-22(27)19-6-4-12-31-19/h3-8,10,12-13,16H,9,11,14H2,1-2H3/t16-/m0/s1. The number of carbonyl (C=O) groups excluding carboxylic acids is 1. The van der Waals surface area contributed by atoms with Crippen LogP contribution in [-0.4, -0.2) is 52.7 Å². The van der Waals surface area contributed by atoms with Gasteiger partial charge in [-0.3, -0.25) is 4.79 Å². The SMILES string of the molecule is COc1ccc(C(=O)N2CC[C@H](n3c(-c4ccco4)nc4cccnc43)C2)cc1OC. The fourth-order valence-electron chi connectivity index (χ4n) is 4.14. The Kier molecular flexibility index (Phi) is 4.82. The lowest BCUT2D eigenvalue weighted by Gasteiger charge is -2.19. The molecule has 1 aliphatic heterocycles. The molecule has 1 atom stereocenters. The minimum Gasteiger partial charge on any atom is -0.493 e. The second kappa shape index (κ2) is 7.79. The van der Waals surface area contributed by atoms with Gasteiger partial charge < -0.3 is 23.4 Å². The highest BCUT2D eigenvalue weighted by atomic mass is 16.5. The number of likely N-dealkylation sites (tertiary alicyclic amines) is 1. The van der Waals surface area contributed by atoms with Crippen LogP contribution in [0.5, 0.6) is 11.5 Å². The zero-order valence-electron chi connectivity index (χ0n) is 17.3. The molecule has 0 bridgehead atoms. The summed E-state index contributed by atoms with van der Waals surface area (Å²) in [6, 6.07) is 12.8. The van der Waals surface area contributed by atoms with Gasteiger partial charge in [0.1, 0.15) is 5.52 Å². The Labute approximate surface area is 179 Å². The van der Waals surface area contributed by atoms with Gasteiger partial charge in [-0.2, -0.15) is 0 Å². The van der Waals surface area contributed by atoms with Crippen LogP contribution in [0.15, 0.2) is 59.3 Å². The minimum atomic E-state index is -0.0413. The van der Waals surface area contributed by atoms with Gasteiger partial charge in [-0.1, -0.05) is 0 Å². The van der Waals surface area contributed by atoms with Crippen LogP contribution < -0.4 is 9.47 Å². The first-order chi connectivity index (χ1) is 15.2. The quantitative estimate of drug-likeness (QED) is 0.490. The first kappa shape index (κ1) is 19.2. The lowest BCUT2D eigenvalue weighted by atomic mass is 10.1. The summed E-state index contributed by atoms with van der Waals surface area (Å²) in [7, 11) is 3.13. The van der Waals surface area contributed by atoms with E-state index in [0.717, 1.165) is 23.4 Å². The minimum absolute atomic E-state index is 0.0413. The maximum atomic E-state index is 13.2. The number of carbonyl (C=O) groups is 1. The molecule has 158 valence electrons. The Morgan fingerprint density at radius 1 is 1.13 bits per heavy atom. The van der Waals surface area contributed by atoms with Crippen LogP contribution in [-0.2, 0) is 0 Å². The van der Waals surface area contributed by atoms with Crippen LogP contribution in [0.4, 0.5) is 0 Å². The van der Waals surface area contributed by atoms with E-state index in [1.807, 2.05) is 29.2 Å². The molecule has 8 heteroatoms. The van der Waals surface area contributed by atoms with Crippen molar-refractivity contribution in [3.8, 4) is 23.1 Å². The van der Waals surface area contributed by atoms with Crippen molar-refractivity contribution in [3.63, 3.8) is 0 Å². The van der Waals surface area contributed by atoms with Crippen LogP contribution in [0.1, 0.15) is 22.8 Å². The second-order valence-corrected chi connectivity index (χ2v) is 7.39. The van der Waals surface area contributed by atoms with Crippen LogP contribution >= 0.6 is 0 Å². The predicted octanol–water partition coefficient (Wildman–Crippen LogP) is 3.80. The van der Waals surface area contributed by atoms with E-state index in [2.05, 4.69) is 9.55 Å². The zero-order chi connectivity index (χ0) is 21.4. The van der Waals surface area contributed by atoms with E-state index < -0.39 is 0 Å². The van der Waals surface area contributed by atoms with Gasteiger partial charge in [0.25, 0.3) is 5.91 Å². The number of hydrogen-bond donors (Lipinski definition) is 0. The predicted molar refractivity (Wildman–Crippen MR) is 114 cm³/mol. The molecular weight excluding hydrogens is 396 g/mol. The Bertz CT molecular complexity index is 1230. The Morgan fingerprint density at radius 2 is 2.00 bits per heavy atom. The molecule has 8 nitrogen and oxygen atoms in total. The van der Waals surface area contributed by atoms with E-state index in [0.29, 0.717) is 35.9 Å². The average molecular weight is 418 g/mol. The molecule has 4 heterocycles. The van der Waals surface area contributed by atoms with Gasteiger partial charge in [-0.05, 0) is 48.9 Å². The van der Waals surface area contributed by atoms with Gasteiger partial charge >= 0.3 is 0 Å². The van der Waals surface area contributed by atoms with Crippen molar-refractivity contribution in [2.75, 3.05) is 27.3 Å². The molecular formula is C23H22N4O4. The summed E-state index contributed by atoms with van der Waals surface area (Å²) in [6.45, 7) is 1.20. The molecule has 31 heavy (non-hydrogen) atoms. The topological polar surface area (TPSA) is 82.6 Å². The molecule has 4 aromatic rings.